The van der Waals surface area contributed by atoms with E-state index in [2.05, 4.69) is 15.9 Å². The van der Waals surface area contributed by atoms with Crippen LogP contribution in [0, 0.1) is 0 Å². The van der Waals surface area contributed by atoms with Gasteiger partial charge in [0.05, 0.1) is 5.56 Å². The maximum atomic E-state index is 12.4. The molecule has 1 aromatic rings. The summed E-state index contributed by atoms with van der Waals surface area (Å²) in [5.41, 5.74) is -0.137. The summed E-state index contributed by atoms with van der Waals surface area (Å²) in [5, 5.41) is 0. The zero-order valence-electron chi connectivity index (χ0n) is 6.39. The molecule has 0 spiro atoms. The van der Waals surface area contributed by atoms with Gasteiger partial charge in [-0.3, -0.25) is 0 Å². The molecule has 0 aromatic heterocycles. The number of hydrogen-bond acceptors (Lipinski definition) is 2. The van der Waals surface area contributed by atoms with Crippen molar-refractivity contribution in [2.45, 2.75) is 6.43 Å². The Bertz CT molecular complexity index is 341. The minimum atomic E-state index is -2.55. The summed E-state index contributed by atoms with van der Waals surface area (Å²) in [6.07, 6.45) is -2.55. The van der Waals surface area contributed by atoms with Gasteiger partial charge in [0.25, 0.3) is 6.43 Å². The molecule has 1 aliphatic rings. The fourth-order valence-electron chi connectivity index (χ4n) is 1.16. The van der Waals surface area contributed by atoms with Crippen LogP contribution in [0.4, 0.5) is 8.78 Å². The fourth-order valence-corrected chi connectivity index (χ4v) is 1.62. The Morgan fingerprint density at radius 3 is 2.77 bits per heavy atom. The molecule has 0 N–H and O–H groups in total. The third-order valence-electron chi connectivity index (χ3n) is 1.70. The number of alkyl halides is 2. The highest BCUT2D eigenvalue weighted by molar-refractivity contribution is 9.10. The van der Waals surface area contributed by atoms with Gasteiger partial charge >= 0.3 is 0 Å². The first-order chi connectivity index (χ1) is 6.18. The summed E-state index contributed by atoms with van der Waals surface area (Å²) < 4.78 is 35.4. The molecule has 0 bridgehead atoms. The van der Waals surface area contributed by atoms with E-state index in [1.54, 1.807) is 6.07 Å². The minimum absolute atomic E-state index is 0.00546. The minimum Gasteiger partial charge on any atom is -0.454 e. The van der Waals surface area contributed by atoms with Crippen molar-refractivity contribution in [2.75, 3.05) is 6.79 Å². The predicted octanol–water partition coefficient (Wildman–Crippen LogP) is 3.12. The molecular formula is C8H5BrF2O2. The predicted molar refractivity (Wildman–Crippen MR) is 45.2 cm³/mol. The molecule has 0 unspecified atom stereocenters. The topological polar surface area (TPSA) is 18.5 Å². The Morgan fingerprint density at radius 1 is 1.31 bits per heavy atom. The normalized spacial score (nSPS) is 13.8. The molecular weight excluding hydrogens is 246 g/mol. The van der Waals surface area contributed by atoms with Crippen molar-refractivity contribution in [3.63, 3.8) is 0 Å². The Labute approximate surface area is 81.6 Å². The van der Waals surface area contributed by atoms with Crippen LogP contribution >= 0.6 is 15.9 Å². The fraction of sp³-hybridized carbons (Fsp3) is 0.250. The lowest BCUT2D eigenvalue weighted by Gasteiger charge is -2.04. The SMILES string of the molecule is FC(F)c1cc(Br)cc2c1OCO2. The molecule has 0 saturated carbocycles. The van der Waals surface area contributed by atoms with Gasteiger partial charge in [0.1, 0.15) is 0 Å². The van der Waals surface area contributed by atoms with Crippen molar-refractivity contribution in [2.24, 2.45) is 0 Å². The highest BCUT2D eigenvalue weighted by atomic mass is 79.9. The monoisotopic (exact) mass is 250 g/mol. The van der Waals surface area contributed by atoms with Gasteiger partial charge in [0.15, 0.2) is 11.5 Å². The van der Waals surface area contributed by atoms with Crippen LogP contribution in [0.5, 0.6) is 11.5 Å². The van der Waals surface area contributed by atoms with E-state index in [1.165, 1.54) is 6.07 Å². The molecule has 0 amide bonds. The van der Waals surface area contributed by atoms with Gasteiger partial charge in [-0.25, -0.2) is 8.78 Å². The number of fused-ring (bicyclic) bond motifs is 1. The van der Waals surface area contributed by atoms with Crippen molar-refractivity contribution < 1.29 is 18.3 Å². The van der Waals surface area contributed by atoms with Crippen LogP contribution in [0.3, 0.4) is 0 Å². The summed E-state index contributed by atoms with van der Waals surface area (Å²) in [6, 6.07) is 2.94. The Morgan fingerprint density at radius 2 is 2.08 bits per heavy atom. The molecule has 0 fully saturated rings. The van der Waals surface area contributed by atoms with Gasteiger partial charge in [0, 0.05) is 4.47 Å². The van der Waals surface area contributed by atoms with E-state index in [4.69, 9.17) is 9.47 Å². The van der Waals surface area contributed by atoms with Gasteiger partial charge < -0.3 is 9.47 Å². The van der Waals surface area contributed by atoms with E-state index in [1.807, 2.05) is 0 Å². The largest absolute Gasteiger partial charge is 0.454 e. The van der Waals surface area contributed by atoms with Gasteiger partial charge in [-0.1, -0.05) is 15.9 Å². The quantitative estimate of drug-likeness (QED) is 0.763. The van der Waals surface area contributed by atoms with Crippen LogP contribution in [0.15, 0.2) is 16.6 Å². The second-order valence-electron chi connectivity index (χ2n) is 2.53. The van der Waals surface area contributed by atoms with Crippen LogP contribution in [0.2, 0.25) is 0 Å². The van der Waals surface area contributed by atoms with E-state index in [-0.39, 0.29) is 18.1 Å². The lowest BCUT2D eigenvalue weighted by Crippen LogP contribution is -1.94. The van der Waals surface area contributed by atoms with Crippen molar-refractivity contribution in [1.82, 2.24) is 0 Å². The molecule has 70 valence electrons. The summed E-state index contributed by atoms with van der Waals surface area (Å²) in [4.78, 5) is 0. The van der Waals surface area contributed by atoms with E-state index in [0.29, 0.717) is 10.2 Å². The second-order valence-corrected chi connectivity index (χ2v) is 3.45. The zero-order valence-corrected chi connectivity index (χ0v) is 7.98. The van der Waals surface area contributed by atoms with E-state index >= 15 is 0 Å². The van der Waals surface area contributed by atoms with Gasteiger partial charge in [-0.2, -0.15) is 0 Å². The van der Waals surface area contributed by atoms with E-state index < -0.39 is 6.43 Å². The molecule has 0 radical (unpaired) electrons. The summed E-state index contributed by atoms with van der Waals surface area (Å²) >= 11 is 3.12. The molecule has 0 atom stereocenters. The Kier molecular flexibility index (Phi) is 2.11. The van der Waals surface area contributed by atoms with E-state index in [9.17, 15) is 8.78 Å². The number of rotatable bonds is 1. The van der Waals surface area contributed by atoms with Crippen LogP contribution in [-0.2, 0) is 0 Å². The number of hydrogen-bond donors (Lipinski definition) is 0. The van der Waals surface area contributed by atoms with Crippen molar-refractivity contribution in [3.05, 3.63) is 22.2 Å². The molecule has 1 aliphatic heterocycles. The molecule has 1 aromatic carbocycles. The Balaban J connectivity index is 2.55. The highest BCUT2D eigenvalue weighted by Gasteiger charge is 2.23. The van der Waals surface area contributed by atoms with Crippen molar-refractivity contribution in [3.8, 4) is 11.5 Å². The Hall–Kier alpha value is -0.840. The van der Waals surface area contributed by atoms with Gasteiger partial charge in [0.2, 0.25) is 6.79 Å². The molecule has 13 heavy (non-hydrogen) atoms. The van der Waals surface area contributed by atoms with Gasteiger partial charge in [-0.05, 0) is 12.1 Å². The van der Waals surface area contributed by atoms with E-state index in [0.717, 1.165) is 0 Å². The third kappa shape index (κ3) is 1.48. The first kappa shape index (κ1) is 8.74. The van der Waals surface area contributed by atoms with Crippen LogP contribution in [0.1, 0.15) is 12.0 Å². The first-order valence-corrected chi connectivity index (χ1v) is 4.35. The highest BCUT2D eigenvalue weighted by Crippen LogP contribution is 2.42. The summed E-state index contributed by atoms with van der Waals surface area (Å²) in [6.45, 7) is 0.00546. The second kappa shape index (κ2) is 3.14. The number of halogens is 3. The number of benzene rings is 1. The van der Waals surface area contributed by atoms with Crippen LogP contribution in [0.25, 0.3) is 0 Å². The third-order valence-corrected chi connectivity index (χ3v) is 2.16. The van der Waals surface area contributed by atoms with Crippen molar-refractivity contribution >= 4 is 15.9 Å². The van der Waals surface area contributed by atoms with Crippen molar-refractivity contribution in [1.29, 1.82) is 0 Å². The maximum Gasteiger partial charge on any atom is 0.267 e. The lowest BCUT2D eigenvalue weighted by atomic mass is 10.2. The number of ether oxygens (including phenoxy) is 2. The lowest BCUT2D eigenvalue weighted by molar-refractivity contribution is 0.139. The summed E-state index contributed by atoms with van der Waals surface area (Å²) in [7, 11) is 0. The molecule has 5 heteroatoms. The summed E-state index contributed by atoms with van der Waals surface area (Å²) in [5.74, 6) is 0.517. The standard InChI is InChI=1S/C8H5BrF2O2/c9-4-1-5(8(10)11)7-6(2-4)12-3-13-7/h1-2,8H,3H2. The maximum absolute atomic E-state index is 12.4. The molecule has 2 nitrogen and oxygen atoms in total. The molecule has 1 heterocycles. The first-order valence-electron chi connectivity index (χ1n) is 3.55. The van der Waals surface area contributed by atoms with Crippen LogP contribution < -0.4 is 9.47 Å². The average molecular weight is 251 g/mol. The zero-order chi connectivity index (χ0) is 9.42. The van der Waals surface area contributed by atoms with Crippen LogP contribution in [-0.4, -0.2) is 6.79 Å². The molecule has 0 saturated heterocycles. The average Bonchev–Trinajstić information content (AvgIpc) is 2.49. The smallest absolute Gasteiger partial charge is 0.267 e. The van der Waals surface area contributed by atoms with Gasteiger partial charge in [-0.15, -0.1) is 0 Å². The molecule has 0 aliphatic carbocycles. The molecule has 2 rings (SSSR count).